The number of nitrogens with zero attached hydrogens (tertiary/aromatic N) is 1. The maximum Gasteiger partial charge on any atom is 0.285 e. The molecule has 0 aliphatic rings. The van der Waals surface area contributed by atoms with Crippen LogP contribution in [-0.4, -0.2) is 51.8 Å². The maximum absolute atomic E-state index is 13.7. The summed E-state index contributed by atoms with van der Waals surface area (Å²) in [7, 11) is 3.92. The van der Waals surface area contributed by atoms with Crippen molar-refractivity contribution < 1.29 is 13.5 Å². The van der Waals surface area contributed by atoms with Gasteiger partial charge in [-0.3, -0.25) is 0 Å². The van der Waals surface area contributed by atoms with Gasteiger partial charge < -0.3 is 15.0 Å². The second-order valence-corrected chi connectivity index (χ2v) is 4.66. The topological polar surface area (TPSA) is 24.5 Å². The molecular formula is C14H22F2N2O. The number of likely N-dealkylation sites (N-methyl/N-ethyl adjacent to an activating group) is 1. The zero-order valence-electron chi connectivity index (χ0n) is 11.5. The summed E-state index contributed by atoms with van der Waals surface area (Å²) >= 11 is 0. The van der Waals surface area contributed by atoms with E-state index in [-0.39, 0.29) is 12.1 Å². The van der Waals surface area contributed by atoms with Crippen molar-refractivity contribution in [2.75, 3.05) is 46.9 Å². The third kappa shape index (κ3) is 6.61. The Balaban J connectivity index is 2.15. The molecule has 1 N–H and O–H groups in total. The zero-order chi connectivity index (χ0) is 14.1. The van der Waals surface area contributed by atoms with Gasteiger partial charge in [0.1, 0.15) is 0 Å². The number of ether oxygens (including phenoxy) is 1. The van der Waals surface area contributed by atoms with Gasteiger partial charge in [-0.15, -0.1) is 0 Å². The van der Waals surface area contributed by atoms with Gasteiger partial charge in [-0.2, -0.15) is 8.78 Å². The highest BCUT2D eigenvalue weighted by molar-refractivity contribution is 5.20. The molecule has 0 atom stereocenters. The Morgan fingerprint density at radius 2 is 1.84 bits per heavy atom. The van der Waals surface area contributed by atoms with Crippen molar-refractivity contribution in [2.24, 2.45) is 0 Å². The lowest BCUT2D eigenvalue weighted by Crippen LogP contribution is -2.33. The summed E-state index contributed by atoms with van der Waals surface area (Å²) in [5, 5.41) is 2.72. The van der Waals surface area contributed by atoms with Crippen LogP contribution in [0.4, 0.5) is 8.78 Å². The number of hydrogen-bond acceptors (Lipinski definition) is 3. The lowest BCUT2D eigenvalue weighted by molar-refractivity contribution is -0.00483. The normalized spacial score (nSPS) is 12.1. The molecule has 19 heavy (non-hydrogen) atoms. The first-order valence-corrected chi connectivity index (χ1v) is 6.39. The number of hydrogen-bond donors (Lipinski definition) is 1. The van der Waals surface area contributed by atoms with Crippen molar-refractivity contribution in [3.63, 3.8) is 0 Å². The van der Waals surface area contributed by atoms with E-state index in [1.807, 2.05) is 19.0 Å². The number of rotatable bonds is 9. The fraction of sp³-hybridized carbons (Fsp3) is 0.571. The molecule has 0 heterocycles. The van der Waals surface area contributed by atoms with Crippen LogP contribution < -0.4 is 5.32 Å². The molecule has 1 aromatic carbocycles. The minimum absolute atomic E-state index is 0.0380. The van der Waals surface area contributed by atoms with E-state index >= 15 is 0 Å². The standard InChI is InChI=1S/C14H22F2N2O/c1-18(2)9-11-19-10-8-17-12-14(15,16)13-6-4-3-5-7-13/h3-7,17H,8-12H2,1-2H3. The van der Waals surface area contributed by atoms with Crippen LogP contribution in [0.5, 0.6) is 0 Å². The lowest BCUT2D eigenvalue weighted by atomic mass is 10.1. The van der Waals surface area contributed by atoms with E-state index in [4.69, 9.17) is 4.74 Å². The Morgan fingerprint density at radius 1 is 1.16 bits per heavy atom. The molecule has 0 aliphatic heterocycles. The highest BCUT2D eigenvalue weighted by Gasteiger charge is 2.30. The third-order valence-corrected chi connectivity index (χ3v) is 2.65. The Hall–Kier alpha value is -1.04. The molecule has 0 unspecified atom stereocenters. The first-order valence-electron chi connectivity index (χ1n) is 6.39. The summed E-state index contributed by atoms with van der Waals surface area (Å²) in [6.07, 6.45) is 0. The summed E-state index contributed by atoms with van der Waals surface area (Å²) in [6, 6.07) is 7.84. The fourth-order valence-electron chi connectivity index (χ4n) is 1.52. The van der Waals surface area contributed by atoms with E-state index in [1.54, 1.807) is 18.2 Å². The maximum atomic E-state index is 13.7. The van der Waals surface area contributed by atoms with Crippen molar-refractivity contribution in [3.8, 4) is 0 Å². The molecule has 3 nitrogen and oxygen atoms in total. The second kappa shape index (κ2) is 8.19. The van der Waals surface area contributed by atoms with Crippen LogP contribution in [0.25, 0.3) is 0 Å². The van der Waals surface area contributed by atoms with E-state index in [9.17, 15) is 8.78 Å². The van der Waals surface area contributed by atoms with Crippen LogP contribution in [-0.2, 0) is 10.7 Å². The molecule has 0 bridgehead atoms. The quantitative estimate of drug-likeness (QED) is 0.695. The number of halogens is 2. The van der Waals surface area contributed by atoms with E-state index < -0.39 is 5.92 Å². The molecule has 1 rings (SSSR count). The predicted molar refractivity (Wildman–Crippen MR) is 72.6 cm³/mol. The first kappa shape index (κ1) is 16.0. The van der Waals surface area contributed by atoms with Crippen LogP contribution in [0.3, 0.4) is 0 Å². The van der Waals surface area contributed by atoms with E-state index in [0.29, 0.717) is 19.8 Å². The second-order valence-electron chi connectivity index (χ2n) is 4.66. The molecule has 108 valence electrons. The molecule has 0 spiro atoms. The first-order chi connectivity index (χ1) is 9.02. The summed E-state index contributed by atoms with van der Waals surface area (Å²) in [5.41, 5.74) is 0.0380. The predicted octanol–water partition coefficient (Wildman–Crippen LogP) is 1.95. The van der Waals surface area contributed by atoms with Gasteiger partial charge in [-0.25, -0.2) is 0 Å². The van der Waals surface area contributed by atoms with E-state index in [1.165, 1.54) is 12.1 Å². The molecule has 0 amide bonds. The summed E-state index contributed by atoms with van der Waals surface area (Å²) < 4.78 is 32.8. The molecule has 0 aromatic heterocycles. The molecule has 5 heteroatoms. The van der Waals surface area contributed by atoms with Gasteiger partial charge in [0.2, 0.25) is 0 Å². The monoisotopic (exact) mass is 272 g/mol. The molecule has 1 aromatic rings. The van der Waals surface area contributed by atoms with Crippen molar-refractivity contribution in [1.82, 2.24) is 10.2 Å². The summed E-state index contributed by atoms with van der Waals surface area (Å²) in [5.74, 6) is -2.84. The number of nitrogens with one attached hydrogen (secondary N) is 1. The zero-order valence-corrected chi connectivity index (χ0v) is 11.5. The van der Waals surface area contributed by atoms with Gasteiger partial charge in [-0.1, -0.05) is 30.3 Å². The number of benzene rings is 1. The number of alkyl halides is 2. The lowest BCUT2D eigenvalue weighted by Gasteiger charge is -2.17. The Labute approximate surface area is 113 Å². The molecule has 0 aliphatic carbocycles. The van der Waals surface area contributed by atoms with Gasteiger partial charge in [0.05, 0.1) is 19.8 Å². The molecule has 0 saturated heterocycles. The Kier molecular flexibility index (Phi) is 6.91. The molecule has 0 fully saturated rings. The van der Waals surface area contributed by atoms with Crippen molar-refractivity contribution in [2.45, 2.75) is 5.92 Å². The SMILES string of the molecule is CN(C)CCOCCNCC(F)(F)c1ccccc1. The minimum atomic E-state index is -2.84. The van der Waals surface area contributed by atoms with Crippen LogP contribution >= 0.6 is 0 Å². The van der Waals surface area contributed by atoms with Gasteiger partial charge in [0.15, 0.2) is 0 Å². The van der Waals surface area contributed by atoms with Crippen LogP contribution in [0.15, 0.2) is 30.3 Å². The van der Waals surface area contributed by atoms with Crippen molar-refractivity contribution in [3.05, 3.63) is 35.9 Å². The smallest absolute Gasteiger partial charge is 0.285 e. The van der Waals surface area contributed by atoms with Gasteiger partial charge in [0.25, 0.3) is 5.92 Å². The average molecular weight is 272 g/mol. The van der Waals surface area contributed by atoms with Crippen LogP contribution in [0.1, 0.15) is 5.56 Å². The largest absolute Gasteiger partial charge is 0.379 e. The van der Waals surface area contributed by atoms with Crippen molar-refractivity contribution in [1.29, 1.82) is 0 Å². The minimum Gasteiger partial charge on any atom is -0.379 e. The van der Waals surface area contributed by atoms with Gasteiger partial charge >= 0.3 is 0 Å². The van der Waals surface area contributed by atoms with Gasteiger partial charge in [-0.05, 0) is 14.1 Å². The van der Waals surface area contributed by atoms with Crippen LogP contribution in [0, 0.1) is 0 Å². The molecule has 0 radical (unpaired) electrons. The summed E-state index contributed by atoms with van der Waals surface area (Å²) in [4.78, 5) is 2.01. The van der Waals surface area contributed by atoms with Gasteiger partial charge in [0, 0.05) is 18.7 Å². The highest BCUT2D eigenvalue weighted by Crippen LogP contribution is 2.26. The molecule has 0 saturated carbocycles. The van der Waals surface area contributed by atoms with E-state index in [0.717, 1.165) is 6.54 Å². The average Bonchev–Trinajstić information content (AvgIpc) is 2.38. The highest BCUT2D eigenvalue weighted by atomic mass is 19.3. The fourth-order valence-corrected chi connectivity index (χ4v) is 1.52. The Bertz CT molecular complexity index is 345. The van der Waals surface area contributed by atoms with Crippen molar-refractivity contribution >= 4 is 0 Å². The Morgan fingerprint density at radius 3 is 2.47 bits per heavy atom. The van der Waals surface area contributed by atoms with E-state index in [2.05, 4.69) is 5.32 Å². The molecular weight excluding hydrogens is 250 g/mol. The summed E-state index contributed by atoms with van der Waals surface area (Å²) in [6.45, 7) is 1.95. The third-order valence-electron chi connectivity index (χ3n) is 2.65. The van der Waals surface area contributed by atoms with Crippen LogP contribution in [0.2, 0.25) is 0 Å².